The van der Waals surface area contributed by atoms with Crippen LogP contribution in [0, 0.1) is 11.8 Å². The van der Waals surface area contributed by atoms with Gasteiger partial charge in [-0.15, -0.1) is 0 Å². The fourth-order valence-corrected chi connectivity index (χ4v) is 2.96. The van der Waals surface area contributed by atoms with Crippen molar-refractivity contribution in [3.63, 3.8) is 0 Å². The summed E-state index contributed by atoms with van der Waals surface area (Å²) >= 11 is 0. The Labute approximate surface area is 146 Å². The van der Waals surface area contributed by atoms with Crippen LogP contribution in [0.4, 0.5) is 0 Å². The molecule has 1 fully saturated rings. The summed E-state index contributed by atoms with van der Waals surface area (Å²) in [4.78, 5) is 29.4. The molecule has 2 heterocycles. The van der Waals surface area contributed by atoms with Gasteiger partial charge in [-0.3, -0.25) is 9.59 Å². The molecular weight excluding hydrogens is 320 g/mol. The third-order valence-electron chi connectivity index (χ3n) is 4.43. The van der Waals surface area contributed by atoms with Gasteiger partial charge in [0.15, 0.2) is 0 Å². The predicted molar refractivity (Wildman–Crippen MR) is 91.2 cm³/mol. The van der Waals surface area contributed by atoms with Gasteiger partial charge in [-0.2, -0.15) is 0 Å². The molecule has 2 aromatic rings. The van der Waals surface area contributed by atoms with E-state index in [0.29, 0.717) is 24.6 Å². The molecular formula is C19H20N2O4. The first-order valence-corrected chi connectivity index (χ1v) is 8.19. The quantitative estimate of drug-likeness (QED) is 0.904. The van der Waals surface area contributed by atoms with Crippen molar-refractivity contribution in [3.05, 3.63) is 59.8 Å². The van der Waals surface area contributed by atoms with Crippen molar-refractivity contribution in [2.75, 3.05) is 13.1 Å². The molecule has 6 heteroatoms. The van der Waals surface area contributed by atoms with E-state index in [1.54, 1.807) is 17.0 Å². The molecule has 2 atom stereocenters. The molecule has 1 aliphatic heterocycles. The van der Waals surface area contributed by atoms with E-state index in [1.807, 2.05) is 37.3 Å². The number of aliphatic carboxylic acids is 1. The number of nitrogens with zero attached hydrogens (tertiary/aromatic N) is 2. The molecule has 1 N–H and O–H groups in total. The molecule has 1 saturated heterocycles. The van der Waals surface area contributed by atoms with Crippen LogP contribution in [-0.2, 0) is 11.4 Å². The number of carboxylic acids is 1. The van der Waals surface area contributed by atoms with Crippen LogP contribution in [0.25, 0.3) is 0 Å². The molecule has 0 aliphatic carbocycles. The zero-order chi connectivity index (χ0) is 17.8. The van der Waals surface area contributed by atoms with Crippen molar-refractivity contribution >= 4 is 11.9 Å². The Hall–Kier alpha value is -2.89. The average molecular weight is 340 g/mol. The lowest BCUT2D eigenvalue weighted by atomic mass is 9.99. The van der Waals surface area contributed by atoms with E-state index in [9.17, 15) is 14.7 Å². The summed E-state index contributed by atoms with van der Waals surface area (Å²) in [6.07, 6.45) is 1.47. The van der Waals surface area contributed by atoms with Gasteiger partial charge in [-0.25, -0.2) is 4.98 Å². The molecule has 0 bridgehead atoms. The molecule has 3 rings (SSSR count). The Balaban J connectivity index is 1.60. The smallest absolute Gasteiger partial charge is 0.308 e. The van der Waals surface area contributed by atoms with Crippen LogP contribution < -0.4 is 4.74 Å². The monoisotopic (exact) mass is 340 g/mol. The van der Waals surface area contributed by atoms with Crippen LogP contribution in [0.3, 0.4) is 0 Å². The second-order valence-electron chi connectivity index (χ2n) is 6.29. The maximum Gasteiger partial charge on any atom is 0.308 e. The van der Waals surface area contributed by atoms with E-state index in [1.165, 1.54) is 6.20 Å². The fourth-order valence-electron chi connectivity index (χ4n) is 2.96. The minimum absolute atomic E-state index is 0.0529. The zero-order valence-corrected chi connectivity index (χ0v) is 14.0. The van der Waals surface area contributed by atoms with Crippen LogP contribution in [0.15, 0.2) is 48.7 Å². The minimum atomic E-state index is -0.856. The summed E-state index contributed by atoms with van der Waals surface area (Å²) in [7, 11) is 0. The number of hydrogen-bond donors (Lipinski definition) is 1. The summed E-state index contributed by atoms with van der Waals surface area (Å²) < 4.78 is 5.60. The van der Waals surface area contributed by atoms with Crippen LogP contribution in [0.5, 0.6) is 5.88 Å². The van der Waals surface area contributed by atoms with Crippen molar-refractivity contribution < 1.29 is 19.4 Å². The molecule has 0 unspecified atom stereocenters. The van der Waals surface area contributed by atoms with Gasteiger partial charge in [0.2, 0.25) is 5.88 Å². The number of benzene rings is 1. The number of ether oxygens (including phenoxy) is 1. The van der Waals surface area contributed by atoms with Crippen molar-refractivity contribution in [2.45, 2.75) is 13.5 Å². The highest BCUT2D eigenvalue weighted by Crippen LogP contribution is 2.24. The van der Waals surface area contributed by atoms with Gasteiger partial charge in [0.25, 0.3) is 5.91 Å². The number of pyridine rings is 1. The minimum Gasteiger partial charge on any atom is -0.481 e. The van der Waals surface area contributed by atoms with Crippen molar-refractivity contribution in [1.29, 1.82) is 0 Å². The molecule has 130 valence electrons. The molecule has 1 amide bonds. The highest BCUT2D eigenvalue weighted by molar-refractivity contribution is 5.94. The molecule has 0 spiro atoms. The van der Waals surface area contributed by atoms with Crippen molar-refractivity contribution in [1.82, 2.24) is 9.88 Å². The molecule has 0 saturated carbocycles. The average Bonchev–Trinajstić information content (AvgIpc) is 3.03. The van der Waals surface area contributed by atoms with Gasteiger partial charge < -0.3 is 14.7 Å². The maximum absolute atomic E-state index is 12.5. The molecule has 25 heavy (non-hydrogen) atoms. The van der Waals surface area contributed by atoms with E-state index < -0.39 is 11.9 Å². The summed E-state index contributed by atoms with van der Waals surface area (Å²) in [5, 5.41) is 9.18. The lowest BCUT2D eigenvalue weighted by Gasteiger charge is -2.16. The highest BCUT2D eigenvalue weighted by atomic mass is 16.5. The number of aromatic nitrogens is 1. The summed E-state index contributed by atoms with van der Waals surface area (Å²) in [5.74, 6) is -1.17. The van der Waals surface area contributed by atoms with Gasteiger partial charge in [-0.05, 0) is 17.5 Å². The van der Waals surface area contributed by atoms with Crippen molar-refractivity contribution in [2.24, 2.45) is 11.8 Å². The Morgan fingerprint density at radius 2 is 1.96 bits per heavy atom. The van der Waals surface area contributed by atoms with E-state index in [4.69, 9.17) is 4.74 Å². The molecule has 1 aromatic heterocycles. The zero-order valence-electron chi connectivity index (χ0n) is 14.0. The van der Waals surface area contributed by atoms with Crippen LogP contribution in [-0.4, -0.2) is 40.0 Å². The van der Waals surface area contributed by atoms with Gasteiger partial charge in [-0.1, -0.05) is 37.3 Å². The number of carbonyl (C=O) groups excluding carboxylic acids is 1. The summed E-state index contributed by atoms with van der Waals surface area (Å²) in [6.45, 7) is 2.94. The van der Waals surface area contributed by atoms with Gasteiger partial charge in [0, 0.05) is 25.4 Å². The Morgan fingerprint density at radius 3 is 2.56 bits per heavy atom. The van der Waals surface area contributed by atoms with E-state index >= 15 is 0 Å². The SMILES string of the molecule is C[C@@H]1CN(C(=O)c2ccc(OCc3ccccc3)nc2)C[C@H]1C(=O)O. The summed E-state index contributed by atoms with van der Waals surface area (Å²) in [6, 6.07) is 13.1. The van der Waals surface area contributed by atoms with Gasteiger partial charge in [0.1, 0.15) is 6.61 Å². The molecule has 1 aromatic carbocycles. The van der Waals surface area contributed by atoms with Crippen LogP contribution in [0.2, 0.25) is 0 Å². The van der Waals surface area contributed by atoms with E-state index in [-0.39, 0.29) is 18.4 Å². The number of rotatable bonds is 5. The third-order valence-corrected chi connectivity index (χ3v) is 4.43. The number of amides is 1. The Bertz CT molecular complexity index is 746. The largest absolute Gasteiger partial charge is 0.481 e. The molecule has 1 aliphatic rings. The van der Waals surface area contributed by atoms with Gasteiger partial charge in [0.05, 0.1) is 11.5 Å². The first-order valence-electron chi connectivity index (χ1n) is 8.19. The highest BCUT2D eigenvalue weighted by Gasteiger charge is 2.37. The number of carboxylic acid groups (broad SMARTS) is 1. The normalized spacial score (nSPS) is 19.6. The van der Waals surface area contributed by atoms with Crippen LogP contribution >= 0.6 is 0 Å². The molecule has 6 nitrogen and oxygen atoms in total. The number of hydrogen-bond acceptors (Lipinski definition) is 4. The Morgan fingerprint density at radius 1 is 1.20 bits per heavy atom. The number of likely N-dealkylation sites (tertiary alicyclic amines) is 1. The summed E-state index contributed by atoms with van der Waals surface area (Å²) in [5.41, 5.74) is 1.47. The van der Waals surface area contributed by atoms with Crippen molar-refractivity contribution in [3.8, 4) is 5.88 Å². The van der Waals surface area contributed by atoms with Crippen LogP contribution in [0.1, 0.15) is 22.8 Å². The third kappa shape index (κ3) is 3.96. The van der Waals surface area contributed by atoms with E-state index in [2.05, 4.69) is 4.98 Å². The first-order chi connectivity index (χ1) is 12.0. The first kappa shape index (κ1) is 17.0. The topological polar surface area (TPSA) is 79.7 Å². The number of carbonyl (C=O) groups is 2. The second-order valence-corrected chi connectivity index (χ2v) is 6.29. The maximum atomic E-state index is 12.5. The van der Waals surface area contributed by atoms with E-state index in [0.717, 1.165) is 5.56 Å². The standard InChI is InChI=1S/C19H20N2O4/c1-13-10-21(11-16(13)19(23)24)18(22)15-7-8-17(20-9-15)25-12-14-5-3-2-4-6-14/h2-9,13,16H,10-12H2,1H3,(H,23,24)/t13-,16-/m1/s1. The van der Waals surface area contributed by atoms with Gasteiger partial charge >= 0.3 is 5.97 Å². The lowest BCUT2D eigenvalue weighted by molar-refractivity contribution is -0.142. The Kier molecular flexibility index (Phi) is 4.97. The molecule has 0 radical (unpaired) electrons. The second kappa shape index (κ2) is 7.34. The lowest BCUT2D eigenvalue weighted by Crippen LogP contribution is -2.30. The predicted octanol–water partition coefficient (Wildman–Crippen LogP) is 2.45. The fraction of sp³-hybridized carbons (Fsp3) is 0.316.